The van der Waals surface area contributed by atoms with Gasteiger partial charge in [0, 0.05) is 0 Å². The molecule has 58 heavy (non-hydrogen) atoms. The van der Waals surface area contributed by atoms with Gasteiger partial charge >= 0.3 is 23.9 Å². The SMILES string of the molecule is CC(C)(C)[Si](C)(C)O[C@@H]1C(OC(=O)c2ccccc2)[C@@H](O[Si](C)(C)C(C)(C)C)[C@@H](OC(=O)c2ccccc2)C(OC(=O)c2ccccc2)[C@H]1OC(=O)c1ccccc1. The van der Waals surface area contributed by atoms with Crippen molar-refractivity contribution in [2.75, 3.05) is 0 Å². The molecule has 1 aliphatic rings. The summed E-state index contributed by atoms with van der Waals surface area (Å²) in [4.78, 5) is 56.9. The van der Waals surface area contributed by atoms with Crippen LogP contribution < -0.4 is 0 Å². The Balaban J connectivity index is 1.80. The van der Waals surface area contributed by atoms with Gasteiger partial charge in [0.15, 0.2) is 41.1 Å². The maximum absolute atomic E-state index is 14.3. The van der Waals surface area contributed by atoms with Gasteiger partial charge in [0.1, 0.15) is 12.2 Å². The molecule has 0 spiro atoms. The summed E-state index contributed by atoms with van der Waals surface area (Å²) in [7, 11) is -5.75. The van der Waals surface area contributed by atoms with E-state index < -0.39 is 87.2 Å². The van der Waals surface area contributed by atoms with Gasteiger partial charge in [0.25, 0.3) is 0 Å². The molecule has 12 heteroatoms. The lowest BCUT2D eigenvalue weighted by Gasteiger charge is -2.53. The van der Waals surface area contributed by atoms with Crippen molar-refractivity contribution in [1.29, 1.82) is 0 Å². The first kappa shape index (κ1) is 44.2. The summed E-state index contributed by atoms with van der Waals surface area (Å²) in [5, 5.41) is -0.783. The summed E-state index contributed by atoms with van der Waals surface area (Å²) in [6.45, 7) is 20.4. The second-order valence-electron chi connectivity index (χ2n) is 17.6. The first-order valence-electron chi connectivity index (χ1n) is 19.6. The number of carbonyl (C=O) groups is 4. The number of esters is 4. The Hall–Kier alpha value is -4.89. The lowest BCUT2D eigenvalue weighted by atomic mass is 9.84. The van der Waals surface area contributed by atoms with Crippen LogP contribution in [0, 0.1) is 0 Å². The van der Waals surface area contributed by atoms with Gasteiger partial charge < -0.3 is 27.8 Å². The minimum atomic E-state index is -2.88. The Labute approximate surface area is 344 Å². The highest BCUT2D eigenvalue weighted by molar-refractivity contribution is 6.74. The number of ether oxygens (including phenoxy) is 4. The molecule has 1 saturated carbocycles. The third-order valence-corrected chi connectivity index (χ3v) is 20.4. The standard InChI is InChI=1S/C46H56O10Si2/c1-45(2,3)57(7,8)55-39-36(52-42(48)32-25-17-12-18-26-32)35(51-41(47)31-23-15-11-16-24-31)37(53-43(49)33-27-19-13-20-28-33)40(56-58(9,10)46(4,5)6)38(39)54-44(50)34-29-21-14-22-30-34/h11-30,35-40H,1-10H3/t35?,36-,37+,38?,39-,40-/m0/s1. The minimum absolute atomic E-state index is 0.213. The topological polar surface area (TPSA) is 124 Å². The molecular formula is C46H56O10Si2. The van der Waals surface area contributed by atoms with E-state index in [1.54, 1.807) is 121 Å². The molecule has 0 aliphatic heterocycles. The Morgan fingerprint density at radius 2 is 0.552 bits per heavy atom. The van der Waals surface area contributed by atoms with E-state index in [4.69, 9.17) is 27.8 Å². The van der Waals surface area contributed by atoms with Crippen molar-refractivity contribution in [3.63, 3.8) is 0 Å². The second kappa shape index (κ2) is 17.9. The molecule has 0 bridgehead atoms. The average molecular weight is 825 g/mol. The number of benzene rings is 4. The second-order valence-corrected chi connectivity index (χ2v) is 27.1. The highest BCUT2D eigenvalue weighted by Gasteiger charge is 2.62. The van der Waals surface area contributed by atoms with Gasteiger partial charge in [-0.3, -0.25) is 0 Å². The molecule has 4 aromatic carbocycles. The predicted octanol–water partition coefficient (Wildman–Crippen LogP) is 9.68. The van der Waals surface area contributed by atoms with Crippen LogP contribution in [-0.4, -0.2) is 77.1 Å². The molecule has 1 aliphatic carbocycles. The van der Waals surface area contributed by atoms with E-state index in [2.05, 4.69) is 41.5 Å². The van der Waals surface area contributed by atoms with Crippen LogP contribution in [0.2, 0.25) is 36.3 Å². The van der Waals surface area contributed by atoms with Crippen LogP contribution in [-0.2, 0) is 27.8 Å². The summed E-state index contributed by atoms with van der Waals surface area (Å²) in [6, 6.07) is 33.6. The largest absolute Gasteiger partial charge is 0.453 e. The lowest BCUT2D eigenvalue weighted by molar-refractivity contribution is -0.216. The Morgan fingerprint density at radius 3 is 0.759 bits per heavy atom. The molecule has 0 N–H and O–H groups in total. The van der Waals surface area contributed by atoms with Gasteiger partial charge in [-0.05, 0) is 84.8 Å². The van der Waals surface area contributed by atoms with Crippen molar-refractivity contribution in [3.8, 4) is 0 Å². The molecule has 308 valence electrons. The molecular weight excluding hydrogens is 769 g/mol. The molecule has 1 fully saturated rings. The normalized spacial score (nSPS) is 21.3. The number of rotatable bonds is 12. The summed E-state index contributed by atoms with van der Waals surface area (Å²) >= 11 is 0. The van der Waals surface area contributed by atoms with E-state index >= 15 is 0 Å². The molecule has 5 rings (SSSR count). The van der Waals surface area contributed by atoms with Crippen molar-refractivity contribution in [2.45, 2.75) is 114 Å². The van der Waals surface area contributed by atoms with Crippen LogP contribution in [0.15, 0.2) is 121 Å². The Morgan fingerprint density at radius 1 is 0.362 bits per heavy atom. The number of hydrogen-bond donors (Lipinski definition) is 0. The number of carbonyl (C=O) groups excluding carboxylic acids is 4. The summed E-state index contributed by atoms with van der Waals surface area (Å²) in [5.74, 6) is -2.95. The molecule has 2 unspecified atom stereocenters. The molecule has 0 amide bonds. The Kier molecular flexibility index (Phi) is 13.7. The lowest BCUT2D eigenvalue weighted by Crippen LogP contribution is -2.71. The van der Waals surface area contributed by atoms with Gasteiger partial charge in [-0.2, -0.15) is 0 Å². The number of hydrogen-bond acceptors (Lipinski definition) is 10. The fourth-order valence-corrected chi connectivity index (χ4v) is 8.63. The maximum atomic E-state index is 14.3. The average Bonchev–Trinajstić information content (AvgIpc) is 3.18. The maximum Gasteiger partial charge on any atom is 0.338 e. The molecule has 0 heterocycles. The van der Waals surface area contributed by atoms with E-state index in [0.717, 1.165) is 0 Å². The summed E-state index contributed by atoms with van der Waals surface area (Å²) < 4.78 is 40.2. The highest BCUT2D eigenvalue weighted by atomic mass is 28.4. The molecule has 0 saturated heterocycles. The first-order chi connectivity index (χ1) is 27.2. The van der Waals surface area contributed by atoms with Crippen molar-refractivity contribution in [3.05, 3.63) is 144 Å². The van der Waals surface area contributed by atoms with E-state index in [9.17, 15) is 19.2 Å². The highest BCUT2D eigenvalue weighted by Crippen LogP contribution is 2.45. The fraction of sp³-hybridized carbons (Fsp3) is 0.391. The van der Waals surface area contributed by atoms with Gasteiger partial charge in [-0.15, -0.1) is 0 Å². The molecule has 0 radical (unpaired) electrons. The van der Waals surface area contributed by atoms with E-state index in [1.807, 2.05) is 26.2 Å². The zero-order valence-corrected chi connectivity index (χ0v) is 37.1. The fourth-order valence-electron chi connectivity index (χ4n) is 6.02. The van der Waals surface area contributed by atoms with E-state index in [0.29, 0.717) is 0 Å². The van der Waals surface area contributed by atoms with E-state index in [-0.39, 0.29) is 22.3 Å². The van der Waals surface area contributed by atoms with Crippen LogP contribution in [0.25, 0.3) is 0 Å². The van der Waals surface area contributed by atoms with Crippen molar-refractivity contribution < 1.29 is 47.0 Å². The van der Waals surface area contributed by atoms with Crippen LogP contribution in [0.4, 0.5) is 0 Å². The first-order valence-corrected chi connectivity index (χ1v) is 25.4. The molecule has 6 atom stereocenters. The van der Waals surface area contributed by atoms with Crippen molar-refractivity contribution in [2.24, 2.45) is 0 Å². The van der Waals surface area contributed by atoms with Crippen LogP contribution in [0.1, 0.15) is 83.0 Å². The molecule has 4 aromatic rings. The summed E-state index contributed by atoms with van der Waals surface area (Å²) in [6.07, 6.45) is -8.34. The zero-order chi connectivity index (χ0) is 42.5. The predicted molar refractivity (Wildman–Crippen MR) is 227 cm³/mol. The van der Waals surface area contributed by atoms with E-state index in [1.165, 1.54) is 0 Å². The van der Waals surface area contributed by atoms with Crippen molar-refractivity contribution in [1.82, 2.24) is 0 Å². The van der Waals surface area contributed by atoms with Gasteiger partial charge in [-0.25, -0.2) is 19.2 Å². The third-order valence-electron chi connectivity index (χ3n) is 11.4. The van der Waals surface area contributed by atoms with Gasteiger partial charge in [0.05, 0.1) is 22.3 Å². The third kappa shape index (κ3) is 10.4. The quantitative estimate of drug-likeness (QED) is 0.0775. The smallest absolute Gasteiger partial charge is 0.338 e. The minimum Gasteiger partial charge on any atom is -0.453 e. The molecule has 10 nitrogen and oxygen atoms in total. The van der Waals surface area contributed by atoms with Crippen LogP contribution in [0.5, 0.6) is 0 Å². The zero-order valence-electron chi connectivity index (χ0n) is 35.1. The van der Waals surface area contributed by atoms with Gasteiger partial charge in [-0.1, -0.05) is 114 Å². The Bertz CT molecular complexity index is 1920. The molecule has 0 aromatic heterocycles. The van der Waals surface area contributed by atoms with Crippen LogP contribution in [0.3, 0.4) is 0 Å². The van der Waals surface area contributed by atoms with Gasteiger partial charge in [0.2, 0.25) is 0 Å². The van der Waals surface area contributed by atoms with Crippen molar-refractivity contribution >= 4 is 40.5 Å². The van der Waals surface area contributed by atoms with Crippen LogP contribution >= 0.6 is 0 Å². The monoisotopic (exact) mass is 824 g/mol. The summed E-state index contributed by atoms with van der Waals surface area (Å²) in [5.41, 5.74) is 0.909.